The van der Waals surface area contributed by atoms with Crippen molar-refractivity contribution in [3.05, 3.63) is 47.7 Å². The second-order valence-corrected chi connectivity index (χ2v) is 9.60. The highest BCUT2D eigenvalue weighted by Gasteiger charge is 2.53. The number of aromatic nitrogens is 1. The lowest BCUT2D eigenvalue weighted by molar-refractivity contribution is -0.133. The van der Waals surface area contributed by atoms with Crippen LogP contribution >= 0.6 is 11.8 Å². The van der Waals surface area contributed by atoms with Gasteiger partial charge in [-0.05, 0) is 50.1 Å². The SMILES string of the molecule is COc1cccc(CN2C(=O)NC(C)(C3CCN(C(=O)c4cccnc4SC)CC3)C2=O)c1OC. The van der Waals surface area contributed by atoms with Crippen molar-refractivity contribution in [2.75, 3.05) is 33.6 Å². The van der Waals surface area contributed by atoms with Crippen molar-refractivity contribution in [3.63, 3.8) is 0 Å². The standard InChI is InChI=1S/C25H30N4O5S/c1-25(17-10-13-28(14-11-17)22(30)18-8-6-12-26-21(18)35-4)23(31)29(24(32)27-25)15-16-7-5-9-19(33-2)20(16)34-3/h5-9,12,17H,10-11,13-15H2,1-4H3,(H,27,32). The summed E-state index contributed by atoms with van der Waals surface area (Å²) < 4.78 is 10.8. The van der Waals surface area contributed by atoms with Gasteiger partial charge >= 0.3 is 6.03 Å². The minimum atomic E-state index is -1.03. The topological polar surface area (TPSA) is 101 Å². The number of ether oxygens (including phenoxy) is 2. The van der Waals surface area contributed by atoms with Gasteiger partial charge in [-0.1, -0.05) is 12.1 Å². The second-order valence-electron chi connectivity index (χ2n) is 8.80. The van der Waals surface area contributed by atoms with Gasteiger partial charge in [0.05, 0.1) is 26.3 Å². The number of likely N-dealkylation sites (tertiary alicyclic amines) is 1. The molecule has 1 aromatic carbocycles. The van der Waals surface area contributed by atoms with Gasteiger partial charge in [0.1, 0.15) is 10.6 Å². The van der Waals surface area contributed by atoms with Crippen molar-refractivity contribution < 1.29 is 23.9 Å². The minimum Gasteiger partial charge on any atom is -0.493 e. The third-order valence-corrected chi connectivity index (χ3v) is 7.62. The molecule has 1 aromatic heterocycles. The number of thioether (sulfide) groups is 1. The summed E-state index contributed by atoms with van der Waals surface area (Å²) >= 11 is 1.44. The Morgan fingerprint density at radius 3 is 2.57 bits per heavy atom. The summed E-state index contributed by atoms with van der Waals surface area (Å²) in [6, 6.07) is 8.50. The molecule has 35 heavy (non-hydrogen) atoms. The number of para-hydroxylation sites is 1. The molecule has 9 nitrogen and oxygen atoms in total. The number of benzene rings is 1. The van der Waals surface area contributed by atoms with Gasteiger partial charge < -0.3 is 19.7 Å². The molecule has 0 radical (unpaired) electrons. The molecule has 2 aromatic rings. The molecule has 2 fully saturated rings. The van der Waals surface area contributed by atoms with Crippen molar-refractivity contribution in [2.24, 2.45) is 5.92 Å². The van der Waals surface area contributed by atoms with E-state index in [0.717, 1.165) is 0 Å². The van der Waals surface area contributed by atoms with E-state index in [0.29, 0.717) is 53.6 Å². The van der Waals surface area contributed by atoms with Gasteiger partial charge in [-0.15, -0.1) is 11.8 Å². The van der Waals surface area contributed by atoms with E-state index in [2.05, 4.69) is 10.3 Å². The molecule has 1 atom stereocenters. The van der Waals surface area contributed by atoms with Gasteiger partial charge in [-0.25, -0.2) is 9.78 Å². The number of carbonyl (C=O) groups excluding carboxylic acids is 3. The smallest absolute Gasteiger partial charge is 0.325 e. The summed E-state index contributed by atoms with van der Waals surface area (Å²) in [5, 5.41) is 3.63. The highest BCUT2D eigenvalue weighted by Crippen LogP contribution is 2.37. The minimum absolute atomic E-state index is 0.0559. The fourth-order valence-electron chi connectivity index (χ4n) is 4.93. The van der Waals surface area contributed by atoms with Crippen LogP contribution in [0.5, 0.6) is 11.5 Å². The average molecular weight is 499 g/mol. The molecule has 0 aliphatic carbocycles. The molecular weight excluding hydrogens is 468 g/mol. The number of pyridine rings is 1. The molecular formula is C25H30N4O5S. The highest BCUT2D eigenvalue weighted by molar-refractivity contribution is 7.98. The zero-order valence-electron chi connectivity index (χ0n) is 20.4. The largest absolute Gasteiger partial charge is 0.493 e. The van der Waals surface area contributed by atoms with Crippen molar-refractivity contribution in [1.82, 2.24) is 20.1 Å². The second kappa shape index (κ2) is 10.2. The Morgan fingerprint density at radius 2 is 1.91 bits per heavy atom. The van der Waals surface area contributed by atoms with Crippen LogP contribution in [0.1, 0.15) is 35.7 Å². The number of piperidine rings is 1. The summed E-state index contributed by atoms with van der Waals surface area (Å²) in [4.78, 5) is 46.8. The van der Waals surface area contributed by atoms with E-state index < -0.39 is 11.6 Å². The summed E-state index contributed by atoms with van der Waals surface area (Å²) in [6.07, 6.45) is 4.79. The van der Waals surface area contributed by atoms with E-state index in [9.17, 15) is 14.4 Å². The third-order valence-electron chi connectivity index (χ3n) is 6.91. The molecule has 0 bridgehead atoms. The number of hydrogen-bond donors (Lipinski definition) is 1. The Kier molecular flexibility index (Phi) is 7.20. The Labute approximate surface area is 209 Å². The summed E-state index contributed by atoms with van der Waals surface area (Å²) in [7, 11) is 3.07. The number of rotatable bonds is 7. The summed E-state index contributed by atoms with van der Waals surface area (Å²) in [5.41, 5.74) is 0.242. The molecule has 2 aliphatic heterocycles. The molecule has 186 valence electrons. The van der Waals surface area contributed by atoms with E-state index in [1.54, 1.807) is 49.4 Å². The van der Waals surface area contributed by atoms with Crippen LogP contribution in [0.2, 0.25) is 0 Å². The monoisotopic (exact) mass is 498 g/mol. The van der Waals surface area contributed by atoms with E-state index in [4.69, 9.17) is 9.47 Å². The Hall–Kier alpha value is -3.27. The maximum atomic E-state index is 13.5. The third kappa shape index (κ3) is 4.54. The van der Waals surface area contributed by atoms with Crippen LogP contribution in [0.4, 0.5) is 4.79 Å². The first kappa shape index (κ1) is 24.8. The molecule has 1 unspecified atom stereocenters. The lowest BCUT2D eigenvalue weighted by atomic mass is 9.78. The zero-order valence-corrected chi connectivity index (χ0v) is 21.2. The molecule has 2 aliphatic rings. The predicted octanol–water partition coefficient (Wildman–Crippen LogP) is 3.18. The van der Waals surface area contributed by atoms with Gasteiger partial charge in [-0.2, -0.15) is 0 Å². The van der Waals surface area contributed by atoms with Crippen LogP contribution in [0.25, 0.3) is 0 Å². The lowest BCUT2D eigenvalue weighted by Crippen LogP contribution is -2.54. The molecule has 4 rings (SSSR count). The van der Waals surface area contributed by atoms with Gasteiger partial charge in [0.25, 0.3) is 11.8 Å². The fourth-order valence-corrected chi connectivity index (χ4v) is 5.47. The Balaban J connectivity index is 1.46. The number of methoxy groups -OCH3 is 2. The van der Waals surface area contributed by atoms with Crippen LogP contribution in [-0.2, 0) is 11.3 Å². The predicted molar refractivity (Wildman–Crippen MR) is 132 cm³/mol. The van der Waals surface area contributed by atoms with Crippen molar-refractivity contribution >= 4 is 29.6 Å². The lowest BCUT2D eigenvalue weighted by Gasteiger charge is -2.39. The van der Waals surface area contributed by atoms with Crippen LogP contribution in [-0.4, -0.2) is 71.7 Å². The summed E-state index contributed by atoms with van der Waals surface area (Å²) in [6.45, 7) is 2.88. The van der Waals surface area contributed by atoms with E-state index in [-0.39, 0.29) is 24.3 Å². The van der Waals surface area contributed by atoms with E-state index in [1.165, 1.54) is 23.8 Å². The van der Waals surface area contributed by atoms with E-state index >= 15 is 0 Å². The van der Waals surface area contributed by atoms with Crippen LogP contribution in [0.15, 0.2) is 41.6 Å². The molecule has 2 saturated heterocycles. The van der Waals surface area contributed by atoms with Gasteiger partial charge in [0.2, 0.25) is 0 Å². The first-order chi connectivity index (χ1) is 16.8. The number of amides is 4. The normalized spacial score (nSPS) is 20.7. The molecule has 3 heterocycles. The van der Waals surface area contributed by atoms with Gasteiger partial charge in [0, 0.05) is 24.8 Å². The maximum Gasteiger partial charge on any atom is 0.325 e. The molecule has 0 saturated carbocycles. The molecule has 4 amide bonds. The number of carbonyl (C=O) groups is 3. The maximum absolute atomic E-state index is 13.5. The first-order valence-corrected chi connectivity index (χ1v) is 12.7. The number of nitrogens with one attached hydrogen (secondary N) is 1. The average Bonchev–Trinajstić information content (AvgIpc) is 3.11. The van der Waals surface area contributed by atoms with Gasteiger partial charge in [0.15, 0.2) is 11.5 Å². The Bertz CT molecular complexity index is 1130. The zero-order chi connectivity index (χ0) is 25.2. The number of nitrogens with zero attached hydrogens (tertiary/aromatic N) is 3. The van der Waals surface area contributed by atoms with Crippen molar-refractivity contribution in [3.8, 4) is 11.5 Å². The molecule has 0 spiro atoms. The van der Waals surface area contributed by atoms with Crippen LogP contribution in [0.3, 0.4) is 0 Å². The highest BCUT2D eigenvalue weighted by atomic mass is 32.2. The number of imide groups is 1. The fraction of sp³-hybridized carbons (Fsp3) is 0.440. The first-order valence-electron chi connectivity index (χ1n) is 11.5. The Morgan fingerprint density at radius 1 is 1.17 bits per heavy atom. The van der Waals surface area contributed by atoms with Crippen molar-refractivity contribution in [2.45, 2.75) is 36.9 Å². The molecule has 10 heteroatoms. The van der Waals surface area contributed by atoms with Gasteiger partial charge in [-0.3, -0.25) is 14.5 Å². The van der Waals surface area contributed by atoms with Crippen LogP contribution < -0.4 is 14.8 Å². The quantitative estimate of drug-likeness (QED) is 0.462. The van der Waals surface area contributed by atoms with Crippen molar-refractivity contribution in [1.29, 1.82) is 0 Å². The van der Waals surface area contributed by atoms with Crippen LogP contribution in [0, 0.1) is 5.92 Å². The summed E-state index contributed by atoms with van der Waals surface area (Å²) in [5.74, 6) is 0.619. The number of urea groups is 1. The van der Waals surface area contributed by atoms with E-state index in [1.807, 2.05) is 12.3 Å². The molecule has 1 N–H and O–H groups in total. The number of hydrogen-bond acceptors (Lipinski definition) is 7.